The minimum Gasteiger partial charge on any atom is -0.385 e. The van der Waals surface area contributed by atoms with E-state index in [2.05, 4.69) is 29.2 Å². The van der Waals surface area contributed by atoms with Crippen LogP contribution in [0, 0.1) is 23.2 Å². The number of benzene rings is 2. The summed E-state index contributed by atoms with van der Waals surface area (Å²) in [6, 6.07) is 20.2. The zero-order valence-corrected chi connectivity index (χ0v) is 15.1. The summed E-state index contributed by atoms with van der Waals surface area (Å²) < 4.78 is 0. The smallest absolute Gasteiger partial charge is 0.0991 e. The van der Waals surface area contributed by atoms with Gasteiger partial charge < -0.3 is 10.0 Å². The highest BCUT2D eigenvalue weighted by molar-refractivity contribution is 5.33. The molecule has 5 rings (SSSR count). The van der Waals surface area contributed by atoms with Gasteiger partial charge in [0.15, 0.2) is 0 Å². The van der Waals surface area contributed by atoms with Crippen LogP contribution in [-0.2, 0) is 12.0 Å². The van der Waals surface area contributed by atoms with Crippen molar-refractivity contribution in [2.24, 2.45) is 11.8 Å². The number of fused-ring (bicyclic) bond motifs is 3. The minimum atomic E-state index is -0.812. The van der Waals surface area contributed by atoms with Crippen LogP contribution in [0.2, 0.25) is 0 Å². The van der Waals surface area contributed by atoms with Crippen LogP contribution in [-0.4, -0.2) is 29.6 Å². The molecule has 3 heteroatoms. The zero-order chi connectivity index (χ0) is 18.0. The molecule has 3 aliphatic rings. The Morgan fingerprint density at radius 2 is 1.88 bits per heavy atom. The topological polar surface area (TPSA) is 47.3 Å². The van der Waals surface area contributed by atoms with Crippen LogP contribution in [0.3, 0.4) is 0 Å². The Labute approximate surface area is 157 Å². The van der Waals surface area contributed by atoms with E-state index in [4.69, 9.17) is 5.26 Å². The fourth-order valence-corrected chi connectivity index (χ4v) is 4.91. The van der Waals surface area contributed by atoms with Crippen LogP contribution in [0.25, 0.3) is 0 Å². The first kappa shape index (κ1) is 17.3. The molecule has 1 N–H and O–H groups in total. The molecular formula is C23H28N2O. The lowest BCUT2D eigenvalue weighted by Crippen LogP contribution is -2.55. The SMILES string of the molecule is N#Cc1cccc(CCC(O)(c2ccccc2)C2CN3CCC2CC3)c1.[HH]. The van der Waals surface area contributed by atoms with E-state index in [-0.39, 0.29) is 7.34 Å². The molecular weight excluding hydrogens is 320 g/mol. The molecule has 3 heterocycles. The number of nitrogens with zero attached hydrogens (tertiary/aromatic N) is 2. The number of hydrogen-bond donors (Lipinski definition) is 1. The lowest BCUT2D eigenvalue weighted by atomic mass is 9.66. The third-order valence-electron chi connectivity index (χ3n) is 6.39. The summed E-state index contributed by atoms with van der Waals surface area (Å²) in [7, 11) is 0. The normalized spacial score (nSPS) is 26.8. The first-order valence-electron chi connectivity index (χ1n) is 9.68. The molecule has 2 atom stereocenters. The Kier molecular flexibility index (Phi) is 4.80. The summed E-state index contributed by atoms with van der Waals surface area (Å²) in [6.45, 7) is 3.35. The Balaban J connectivity index is 0.00000210. The number of aryl methyl sites for hydroxylation is 1. The minimum absolute atomic E-state index is 0. The Bertz CT molecular complexity index is 796. The molecule has 3 nitrogen and oxygen atoms in total. The van der Waals surface area contributed by atoms with Crippen molar-refractivity contribution >= 4 is 0 Å². The summed E-state index contributed by atoms with van der Waals surface area (Å²) >= 11 is 0. The van der Waals surface area contributed by atoms with Gasteiger partial charge in [-0.05, 0) is 68.0 Å². The summed E-state index contributed by atoms with van der Waals surface area (Å²) in [5.74, 6) is 0.891. The zero-order valence-electron chi connectivity index (χ0n) is 15.1. The predicted octanol–water partition coefficient (Wildman–Crippen LogP) is 3.97. The molecule has 136 valence electrons. The monoisotopic (exact) mass is 348 g/mol. The number of nitriles is 1. The van der Waals surface area contributed by atoms with E-state index in [0.29, 0.717) is 17.9 Å². The second-order valence-corrected chi connectivity index (χ2v) is 7.85. The fourth-order valence-electron chi connectivity index (χ4n) is 4.91. The molecule has 0 amide bonds. The van der Waals surface area contributed by atoms with Crippen LogP contribution in [0.4, 0.5) is 0 Å². The van der Waals surface area contributed by atoms with Crippen molar-refractivity contribution in [2.75, 3.05) is 19.6 Å². The molecule has 0 aliphatic carbocycles. The van der Waals surface area contributed by atoms with Gasteiger partial charge in [-0.1, -0.05) is 42.5 Å². The van der Waals surface area contributed by atoms with Crippen molar-refractivity contribution in [2.45, 2.75) is 31.3 Å². The van der Waals surface area contributed by atoms with Gasteiger partial charge in [0, 0.05) is 13.9 Å². The molecule has 2 aromatic carbocycles. The van der Waals surface area contributed by atoms with Gasteiger partial charge in [-0.3, -0.25) is 0 Å². The Morgan fingerprint density at radius 1 is 1.12 bits per heavy atom. The maximum Gasteiger partial charge on any atom is 0.0991 e. The molecule has 26 heavy (non-hydrogen) atoms. The van der Waals surface area contributed by atoms with E-state index < -0.39 is 5.60 Å². The summed E-state index contributed by atoms with van der Waals surface area (Å²) in [5.41, 5.74) is 2.04. The second-order valence-electron chi connectivity index (χ2n) is 7.85. The van der Waals surface area contributed by atoms with Crippen molar-refractivity contribution in [3.63, 3.8) is 0 Å². The van der Waals surface area contributed by atoms with Crippen LogP contribution in [0.1, 0.15) is 37.4 Å². The van der Waals surface area contributed by atoms with Gasteiger partial charge in [-0.15, -0.1) is 0 Å². The van der Waals surface area contributed by atoms with Gasteiger partial charge in [0.05, 0.1) is 17.2 Å². The average molecular weight is 348 g/mol. The molecule has 2 unspecified atom stereocenters. The number of aliphatic hydroxyl groups is 1. The van der Waals surface area contributed by atoms with E-state index in [9.17, 15) is 5.11 Å². The number of rotatable bonds is 5. The van der Waals surface area contributed by atoms with Gasteiger partial charge in [0.25, 0.3) is 0 Å². The molecule has 2 aromatic rings. The van der Waals surface area contributed by atoms with E-state index in [0.717, 1.165) is 24.1 Å². The van der Waals surface area contributed by atoms with Crippen molar-refractivity contribution in [1.82, 2.24) is 4.90 Å². The summed E-state index contributed by atoms with van der Waals surface area (Å²) in [4.78, 5) is 2.51. The van der Waals surface area contributed by atoms with Crippen LogP contribution >= 0.6 is 0 Å². The van der Waals surface area contributed by atoms with E-state index in [1.807, 2.05) is 36.4 Å². The molecule has 3 fully saturated rings. The molecule has 0 saturated carbocycles. The largest absolute Gasteiger partial charge is 0.385 e. The third kappa shape index (κ3) is 3.28. The first-order chi connectivity index (χ1) is 12.7. The highest BCUT2D eigenvalue weighted by Gasteiger charge is 2.47. The van der Waals surface area contributed by atoms with E-state index in [1.54, 1.807) is 0 Å². The van der Waals surface area contributed by atoms with Crippen molar-refractivity contribution < 1.29 is 6.53 Å². The van der Waals surface area contributed by atoms with Gasteiger partial charge >= 0.3 is 0 Å². The Hall–Kier alpha value is -2.15. The van der Waals surface area contributed by atoms with Crippen LogP contribution < -0.4 is 0 Å². The summed E-state index contributed by atoms with van der Waals surface area (Å²) in [6.07, 6.45) is 3.87. The number of hydrogen-bond acceptors (Lipinski definition) is 3. The predicted molar refractivity (Wildman–Crippen MR) is 105 cm³/mol. The molecule has 2 bridgehead atoms. The molecule has 3 aliphatic heterocycles. The lowest BCUT2D eigenvalue weighted by Gasteiger charge is -2.51. The lowest BCUT2D eigenvalue weighted by molar-refractivity contribution is -0.106. The van der Waals surface area contributed by atoms with Gasteiger partial charge in [-0.2, -0.15) is 5.26 Å². The highest BCUT2D eigenvalue weighted by atomic mass is 16.3. The summed E-state index contributed by atoms with van der Waals surface area (Å²) in [5, 5.41) is 21.1. The Morgan fingerprint density at radius 3 is 2.54 bits per heavy atom. The van der Waals surface area contributed by atoms with Crippen LogP contribution in [0.5, 0.6) is 0 Å². The van der Waals surface area contributed by atoms with Gasteiger partial charge in [-0.25, -0.2) is 0 Å². The maximum atomic E-state index is 11.9. The molecule has 0 radical (unpaired) electrons. The molecule has 3 saturated heterocycles. The van der Waals surface area contributed by atoms with Gasteiger partial charge in [0.2, 0.25) is 0 Å². The quantitative estimate of drug-likeness (QED) is 0.889. The second kappa shape index (κ2) is 7.23. The fraction of sp³-hybridized carbons (Fsp3) is 0.435. The first-order valence-corrected chi connectivity index (χ1v) is 9.68. The maximum absolute atomic E-state index is 11.9. The molecule has 0 aromatic heterocycles. The standard InChI is InChI=1S/C23H26N2O.H2/c24-16-19-6-4-5-18(15-19)9-12-23(26,21-7-2-1-3-8-21)22-17-25-13-10-20(22)11-14-25;/h1-8,15,20,22,26H,9-14,17H2;1H. The van der Waals surface area contributed by atoms with Crippen molar-refractivity contribution in [3.05, 3.63) is 71.3 Å². The highest BCUT2D eigenvalue weighted by Crippen LogP contribution is 2.45. The number of piperidine rings is 3. The van der Waals surface area contributed by atoms with Crippen LogP contribution in [0.15, 0.2) is 54.6 Å². The molecule has 0 spiro atoms. The average Bonchev–Trinajstić information content (AvgIpc) is 2.73. The van der Waals surface area contributed by atoms with E-state index in [1.165, 1.54) is 25.9 Å². The van der Waals surface area contributed by atoms with Crippen molar-refractivity contribution in [3.8, 4) is 6.07 Å². The van der Waals surface area contributed by atoms with E-state index >= 15 is 0 Å². The van der Waals surface area contributed by atoms with Crippen molar-refractivity contribution in [1.29, 1.82) is 5.26 Å². The van der Waals surface area contributed by atoms with Gasteiger partial charge in [0.1, 0.15) is 0 Å². The third-order valence-corrected chi connectivity index (χ3v) is 6.39.